The Morgan fingerprint density at radius 2 is 1.42 bits per heavy atom. The third-order valence-corrected chi connectivity index (χ3v) is 3.51. The SMILES string of the molecule is OC1=CC(c2ccccc2)NC(c2ccccc2)C1. The molecule has 0 aromatic heterocycles. The number of nitrogens with one attached hydrogen (secondary N) is 1. The second-order valence-corrected chi connectivity index (χ2v) is 4.88. The van der Waals surface area contributed by atoms with E-state index in [0.29, 0.717) is 12.2 Å². The Morgan fingerprint density at radius 3 is 2.05 bits per heavy atom. The van der Waals surface area contributed by atoms with Gasteiger partial charge in [0.25, 0.3) is 0 Å². The molecule has 0 amide bonds. The van der Waals surface area contributed by atoms with Crippen LogP contribution in [0, 0.1) is 0 Å². The molecule has 19 heavy (non-hydrogen) atoms. The lowest BCUT2D eigenvalue weighted by molar-refractivity contribution is 0.322. The highest BCUT2D eigenvalue weighted by molar-refractivity contribution is 5.29. The zero-order chi connectivity index (χ0) is 13.1. The highest BCUT2D eigenvalue weighted by atomic mass is 16.3. The van der Waals surface area contributed by atoms with Gasteiger partial charge in [0, 0.05) is 12.5 Å². The van der Waals surface area contributed by atoms with Gasteiger partial charge in [-0.25, -0.2) is 0 Å². The molecular weight excluding hydrogens is 234 g/mol. The third kappa shape index (κ3) is 2.69. The van der Waals surface area contributed by atoms with E-state index in [9.17, 15) is 5.11 Å². The van der Waals surface area contributed by atoms with Crippen molar-refractivity contribution >= 4 is 0 Å². The summed E-state index contributed by atoms with van der Waals surface area (Å²) in [6, 6.07) is 20.7. The van der Waals surface area contributed by atoms with Crippen molar-refractivity contribution in [2.24, 2.45) is 0 Å². The third-order valence-electron chi connectivity index (χ3n) is 3.51. The van der Waals surface area contributed by atoms with Gasteiger partial charge in [0.1, 0.15) is 0 Å². The maximum absolute atomic E-state index is 9.99. The molecular formula is C17H17NO. The Hall–Kier alpha value is -2.06. The first kappa shape index (κ1) is 12.0. The summed E-state index contributed by atoms with van der Waals surface area (Å²) in [5, 5.41) is 13.6. The van der Waals surface area contributed by atoms with E-state index in [1.807, 2.05) is 42.5 Å². The van der Waals surface area contributed by atoms with E-state index in [4.69, 9.17) is 0 Å². The Kier molecular flexibility index (Phi) is 3.34. The summed E-state index contributed by atoms with van der Waals surface area (Å²) >= 11 is 0. The Bertz CT molecular complexity index is 562. The largest absolute Gasteiger partial charge is 0.513 e. The van der Waals surface area contributed by atoms with Gasteiger partial charge < -0.3 is 5.11 Å². The normalized spacial score (nSPS) is 22.8. The standard InChI is InChI=1S/C17H17NO/c19-15-11-16(13-7-3-1-4-8-13)18-17(12-15)14-9-5-2-6-10-14/h1-11,16-19H,12H2. The first-order valence-corrected chi connectivity index (χ1v) is 6.58. The molecule has 1 heterocycles. The number of hydrogen-bond donors (Lipinski definition) is 2. The van der Waals surface area contributed by atoms with Gasteiger partial charge in [0.15, 0.2) is 0 Å². The van der Waals surface area contributed by atoms with Gasteiger partial charge in [0.05, 0.1) is 11.8 Å². The number of benzene rings is 2. The van der Waals surface area contributed by atoms with Crippen molar-refractivity contribution in [3.63, 3.8) is 0 Å². The Labute approximate surface area is 113 Å². The molecule has 2 aromatic carbocycles. The molecule has 0 saturated carbocycles. The number of aliphatic hydroxyl groups is 1. The molecule has 0 aliphatic carbocycles. The summed E-state index contributed by atoms with van der Waals surface area (Å²) in [6.45, 7) is 0. The fourth-order valence-corrected chi connectivity index (χ4v) is 2.55. The van der Waals surface area contributed by atoms with Crippen LogP contribution in [0.15, 0.2) is 72.5 Å². The van der Waals surface area contributed by atoms with Crippen LogP contribution in [0.3, 0.4) is 0 Å². The Balaban J connectivity index is 1.87. The maximum atomic E-state index is 9.99. The van der Waals surface area contributed by atoms with E-state index in [0.717, 1.165) is 0 Å². The van der Waals surface area contributed by atoms with Crippen LogP contribution in [-0.2, 0) is 0 Å². The van der Waals surface area contributed by atoms with Crippen LogP contribution in [0.4, 0.5) is 0 Å². The van der Waals surface area contributed by atoms with Crippen LogP contribution in [-0.4, -0.2) is 5.11 Å². The van der Waals surface area contributed by atoms with E-state index in [1.54, 1.807) is 0 Å². The molecule has 2 atom stereocenters. The summed E-state index contributed by atoms with van der Waals surface area (Å²) in [4.78, 5) is 0. The molecule has 0 bridgehead atoms. The molecule has 2 aromatic rings. The minimum Gasteiger partial charge on any atom is -0.513 e. The fourth-order valence-electron chi connectivity index (χ4n) is 2.55. The quantitative estimate of drug-likeness (QED) is 0.848. The van der Waals surface area contributed by atoms with Gasteiger partial charge in [-0.1, -0.05) is 60.7 Å². The first-order valence-electron chi connectivity index (χ1n) is 6.58. The van der Waals surface area contributed by atoms with Crippen molar-refractivity contribution in [3.8, 4) is 0 Å². The van der Waals surface area contributed by atoms with Gasteiger partial charge in [-0.2, -0.15) is 0 Å². The minimum absolute atomic E-state index is 0.0696. The van der Waals surface area contributed by atoms with Crippen LogP contribution in [0.1, 0.15) is 29.6 Å². The molecule has 1 aliphatic heterocycles. The fraction of sp³-hybridized carbons (Fsp3) is 0.176. The zero-order valence-electron chi connectivity index (χ0n) is 10.7. The zero-order valence-corrected chi connectivity index (χ0v) is 10.7. The van der Waals surface area contributed by atoms with Crippen molar-refractivity contribution in [2.45, 2.75) is 18.5 Å². The van der Waals surface area contributed by atoms with Crippen LogP contribution in [0.5, 0.6) is 0 Å². The van der Waals surface area contributed by atoms with Crippen LogP contribution >= 0.6 is 0 Å². The van der Waals surface area contributed by atoms with E-state index in [-0.39, 0.29) is 12.1 Å². The topological polar surface area (TPSA) is 32.3 Å². The molecule has 0 saturated heterocycles. The van der Waals surface area contributed by atoms with E-state index in [2.05, 4.69) is 29.6 Å². The predicted molar refractivity (Wildman–Crippen MR) is 76.8 cm³/mol. The maximum Gasteiger partial charge on any atom is 0.0920 e. The van der Waals surface area contributed by atoms with E-state index >= 15 is 0 Å². The minimum atomic E-state index is 0.0696. The van der Waals surface area contributed by atoms with Crippen molar-refractivity contribution in [1.82, 2.24) is 5.32 Å². The summed E-state index contributed by atoms with van der Waals surface area (Å²) in [5.74, 6) is 0.460. The van der Waals surface area contributed by atoms with Gasteiger partial charge >= 0.3 is 0 Å². The van der Waals surface area contributed by atoms with Crippen molar-refractivity contribution in [3.05, 3.63) is 83.6 Å². The molecule has 1 aliphatic rings. The van der Waals surface area contributed by atoms with Crippen molar-refractivity contribution in [1.29, 1.82) is 0 Å². The molecule has 2 nitrogen and oxygen atoms in total. The van der Waals surface area contributed by atoms with Crippen LogP contribution in [0.25, 0.3) is 0 Å². The molecule has 2 heteroatoms. The smallest absolute Gasteiger partial charge is 0.0920 e. The second-order valence-electron chi connectivity index (χ2n) is 4.88. The summed E-state index contributed by atoms with van der Waals surface area (Å²) < 4.78 is 0. The second kappa shape index (κ2) is 5.29. The lowest BCUT2D eigenvalue weighted by Gasteiger charge is -2.29. The molecule has 0 fully saturated rings. The van der Waals surface area contributed by atoms with Crippen LogP contribution in [0.2, 0.25) is 0 Å². The highest BCUT2D eigenvalue weighted by Gasteiger charge is 2.23. The summed E-state index contributed by atoms with van der Waals surface area (Å²) in [6.07, 6.45) is 2.54. The van der Waals surface area contributed by atoms with E-state index < -0.39 is 0 Å². The highest BCUT2D eigenvalue weighted by Crippen LogP contribution is 2.30. The van der Waals surface area contributed by atoms with Crippen LogP contribution < -0.4 is 5.32 Å². The van der Waals surface area contributed by atoms with Gasteiger partial charge in [-0.15, -0.1) is 0 Å². The summed E-state index contributed by atoms with van der Waals surface area (Å²) in [7, 11) is 0. The lowest BCUT2D eigenvalue weighted by atomic mass is 9.94. The molecule has 0 radical (unpaired) electrons. The van der Waals surface area contributed by atoms with Gasteiger partial charge in [0.2, 0.25) is 0 Å². The van der Waals surface area contributed by atoms with Gasteiger partial charge in [-0.3, -0.25) is 5.32 Å². The first-order chi connectivity index (χ1) is 9.33. The average molecular weight is 251 g/mol. The molecule has 2 unspecified atom stereocenters. The van der Waals surface area contributed by atoms with Crippen molar-refractivity contribution < 1.29 is 5.11 Å². The molecule has 2 N–H and O–H groups in total. The van der Waals surface area contributed by atoms with Gasteiger partial charge in [-0.05, 0) is 17.2 Å². The number of hydrogen-bond acceptors (Lipinski definition) is 2. The Morgan fingerprint density at radius 1 is 0.842 bits per heavy atom. The van der Waals surface area contributed by atoms with Crippen molar-refractivity contribution in [2.75, 3.05) is 0 Å². The molecule has 3 rings (SSSR count). The lowest BCUT2D eigenvalue weighted by Crippen LogP contribution is -2.29. The van der Waals surface area contributed by atoms with E-state index in [1.165, 1.54) is 11.1 Å². The molecule has 0 spiro atoms. The number of rotatable bonds is 2. The predicted octanol–water partition coefficient (Wildman–Crippen LogP) is 3.90. The monoisotopic (exact) mass is 251 g/mol. The summed E-state index contributed by atoms with van der Waals surface area (Å²) in [5.41, 5.74) is 2.39. The average Bonchev–Trinajstić information content (AvgIpc) is 2.48. The molecule has 96 valence electrons. The number of aliphatic hydroxyl groups excluding tert-OH is 1.